The number of rotatable bonds is 3. The van der Waals surface area contributed by atoms with Gasteiger partial charge in [0.2, 0.25) is 16.3 Å². The molecule has 2 aromatic carbocycles. The van der Waals surface area contributed by atoms with Gasteiger partial charge >= 0.3 is 0 Å². The van der Waals surface area contributed by atoms with E-state index in [1.54, 1.807) is 37.3 Å². The molecule has 1 heterocycles. The summed E-state index contributed by atoms with van der Waals surface area (Å²) < 4.78 is 41.9. The normalized spacial score (nSPS) is 19.0. The van der Waals surface area contributed by atoms with Gasteiger partial charge in [0.1, 0.15) is 5.82 Å². The molecule has 0 saturated heterocycles. The molecule has 0 aromatic heterocycles. The van der Waals surface area contributed by atoms with Crippen molar-refractivity contribution >= 4 is 15.6 Å². The van der Waals surface area contributed by atoms with Crippen molar-refractivity contribution in [3.05, 3.63) is 82.9 Å². The van der Waals surface area contributed by atoms with Crippen LogP contribution in [0.2, 0.25) is 0 Å². The van der Waals surface area contributed by atoms with Gasteiger partial charge in [0.05, 0.1) is 11.2 Å². The summed E-state index contributed by atoms with van der Waals surface area (Å²) in [5, 5.41) is 15.2. The molecule has 2 aromatic rings. The Bertz CT molecular complexity index is 979. The zero-order valence-corrected chi connectivity index (χ0v) is 14.1. The third-order valence-corrected chi connectivity index (χ3v) is 4.87. The minimum absolute atomic E-state index is 0.0329. The third kappa shape index (κ3) is 3.48. The fourth-order valence-electron chi connectivity index (χ4n) is 2.61. The third-order valence-electron chi connectivity index (χ3n) is 3.94. The molecule has 1 atom stereocenters. The number of hydrogen-bond donors (Lipinski definition) is 2. The number of hydrogen-bond acceptors (Lipinski definition) is 4. The van der Waals surface area contributed by atoms with Crippen LogP contribution in [0.3, 0.4) is 0 Å². The molecule has 3 rings (SSSR count). The van der Waals surface area contributed by atoms with Crippen LogP contribution in [0.25, 0.3) is 5.57 Å². The molecule has 1 aliphatic heterocycles. The molecule has 0 aliphatic carbocycles. The number of halogens is 1. The summed E-state index contributed by atoms with van der Waals surface area (Å²) in [4.78, 5) is -0.0329. The van der Waals surface area contributed by atoms with Crippen LogP contribution in [-0.4, -0.2) is 19.8 Å². The van der Waals surface area contributed by atoms with Gasteiger partial charge in [-0.2, -0.15) is 0 Å². The molecule has 5 nitrogen and oxygen atoms in total. The Morgan fingerprint density at radius 2 is 1.80 bits per heavy atom. The summed E-state index contributed by atoms with van der Waals surface area (Å²) in [5.74, 6) is -0.380. The molecule has 0 amide bonds. The molecule has 25 heavy (non-hydrogen) atoms. The van der Waals surface area contributed by atoms with Gasteiger partial charge in [-0.15, -0.1) is 0 Å². The van der Waals surface area contributed by atoms with Crippen molar-refractivity contribution in [1.82, 2.24) is 0 Å². The zero-order valence-electron chi connectivity index (χ0n) is 13.3. The summed E-state index contributed by atoms with van der Waals surface area (Å²) in [6.45, 7) is 1.65. The van der Waals surface area contributed by atoms with Crippen molar-refractivity contribution < 1.29 is 22.7 Å². The Balaban J connectivity index is 2.19. The van der Waals surface area contributed by atoms with Crippen molar-refractivity contribution in [2.75, 3.05) is 0 Å². The molecule has 1 unspecified atom stereocenters. The van der Waals surface area contributed by atoms with E-state index in [0.717, 1.165) is 0 Å². The van der Waals surface area contributed by atoms with Gasteiger partial charge in [0.15, 0.2) is 0 Å². The largest absolute Gasteiger partial charge is 0.468 e. The second kappa shape index (κ2) is 6.44. The van der Waals surface area contributed by atoms with Crippen LogP contribution in [0.4, 0.5) is 4.39 Å². The van der Waals surface area contributed by atoms with Crippen LogP contribution >= 0.6 is 0 Å². The minimum Gasteiger partial charge on any atom is -0.468 e. The number of aliphatic hydroxyl groups excluding tert-OH is 1. The van der Waals surface area contributed by atoms with E-state index in [1.165, 1.54) is 24.5 Å². The van der Waals surface area contributed by atoms with Crippen molar-refractivity contribution in [1.29, 1.82) is 0 Å². The van der Waals surface area contributed by atoms with E-state index in [-0.39, 0.29) is 10.7 Å². The Morgan fingerprint density at radius 1 is 1.16 bits per heavy atom. The van der Waals surface area contributed by atoms with Crippen LogP contribution in [-0.2, 0) is 14.8 Å². The van der Waals surface area contributed by atoms with Crippen molar-refractivity contribution in [2.45, 2.75) is 18.1 Å². The lowest BCUT2D eigenvalue weighted by atomic mass is 9.92. The maximum Gasteiger partial charge on any atom is 0.238 e. The number of sulfonamides is 1. The molecule has 1 aliphatic rings. The Kier molecular flexibility index (Phi) is 4.47. The van der Waals surface area contributed by atoms with E-state index in [4.69, 9.17) is 9.88 Å². The van der Waals surface area contributed by atoms with Gasteiger partial charge < -0.3 is 9.84 Å². The Morgan fingerprint density at radius 3 is 2.32 bits per heavy atom. The van der Waals surface area contributed by atoms with Crippen LogP contribution in [0, 0.1) is 12.7 Å². The number of aryl methyl sites for hydroxylation is 1. The van der Waals surface area contributed by atoms with Gasteiger partial charge in [0, 0.05) is 5.57 Å². The number of primary sulfonamides is 1. The first kappa shape index (κ1) is 17.3. The lowest BCUT2D eigenvalue weighted by Gasteiger charge is -2.15. The SMILES string of the molecule is Cc1ccc(/C(=C2/C=COC2O)c2ccc(S(N)(=O)=O)cc2)cc1F. The number of benzene rings is 2. The van der Waals surface area contributed by atoms with Crippen LogP contribution in [0.5, 0.6) is 0 Å². The molecule has 0 spiro atoms. The fourth-order valence-corrected chi connectivity index (χ4v) is 3.12. The highest BCUT2D eigenvalue weighted by atomic mass is 32.2. The van der Waals surface area contributed by atoms with E-state index < -0.39 is 16.3 Å². The summed E-state index contributed by atoms with van der Waals surface area (Å²) in [7, 11) is -3.82. The maximum atomic E-state index is 14.0. The highest BCUT2D eigenvalue weighted by molar-refractivity contribution is 7.89. The Hall–Kier alpha value is -2.48. The molecule has 0 radical (unpaired) electrons. The predicted molar refractivity (Wildman–Crippen MR) is 91.2 cm³/mol. The second-order valence-corrected chi connectivity index (χ2v) is 7.22. The van der Waals surface area contributed by atoms with Gasteiger partial charge in [-0.1, -0.05) is 24.3 Å². The van der Waals surface area contributed by atoms with E-state index in [9.17, 15) is 17.9 Å². The fraction of sp³-hybridized carbons (Fsp3) is 0.111. The van der Waals surface area contributed by atoms with Gasteiger partial charge in [0.25, 0.3) is 0 Å². The first-order chi connectivity index (χ1) is 11.8. The second-order valence-electron chi connectivity index (χ2n) is 5.65. The molecule has 0 fully saturated rings. The molecule has 7 heteroatoms. The Labute approximate surface area is 144 Å². The average molecular weight is 361 g/mol. The van der Waals surface area contributed by atoms with Gasteiger partial charge in [-0.3, -0.25) is 0 Å². The summed E-state index contributed by atoms with van der Waals surface area (Å²) >= 11 is 0. The number of ether oxygens (including phenoxy) is 1. The standard InChI is InChI=1S/C18H16FNO4S/c1-11-2-3-13(10-16(11)19)17(15-8-9-24-18(15)21)12-4-6-14(7-5-12)25(20,22)23/h2-10,18,21H,1H3,(H2,20,22,23)/b17-15-. The van der Waals surface area contributed by atoms with Gasteiger partial charge in [-0.25, -0.2) is 17.9 Å². The molecule has 0 bridgehead atoms. The summed E-state index contributed by atoms with van der Waals surface area (Å²) in [5.41, 5.74) is 2.62. The van der Waals surface area contributed by atoms with Crippen molar-refractivity contribution in [3.63, 3.8) is 0 Å². The van der Waals surface area contributed by atoms with E-state index >= 15 is 0 Å². The first-order valence-electron chi connectivity index (χ1n) is 7.41. The highest BCUT2D eigenvalue weighted by Gasteiger charge is 2.22. The smallest absolute Gasteiger partial charge is 0.238 e. The summed E-state index contributed by atoms with van der Waals surface area (Å²) in [6, 6.07) is 10.6. The van der Waals surface area contributed by atoms with E-state index in [1.807, 2.05) is 0 Å². The van der Waals surface area contributed by atoms with E-state index in [0.29, 0.717) is 27.8 Å². The minimum atomic E-state index is -3.82. The first-order valence-corrected chi connectivity index (χ1v) is 8.96. The molecule has 0 saturated carbocycles. The quantitative estimate of drug-likeness (QED) is 0.879. The zero-order chi connectivity index (χ0) is 18.2. The van der Waals surface area contributed by atoms with Crippen LogP contribution < -0.4 is 5.14 Å². The maximum absolute atomic E-state index is 14.0. The van der Waals surface area contributed by atoms with E-state index in [2.05, 4.69) is 0 Å². The topological polar surface area (TPSA) is 89.6 Å². The van der Waals surface area contributed by atoms with Crippen LogP contribution in [0.15, 0.2) is 65.3 Å². The average Bonchev–Trinajstić information content (AvgIpc) is 2.97. The highest BCUT2D eigenvalue weighted by Crippen LogP contribution is 2.33. The van der Waals surface area contributed by atoms with Crippen LogP contribution in [0.1, 0.15) is 16.7 Å². The number of aliphatic hydroxyl groups is 1. The lowest BCUT2D eigenvalue weighted by Crippen LogP contribution is -2.12. The van der Waals surface area contributed by atoms with Crippen molar-refractivity contribution in [3.8, 4) is 0 Å². The van der Waals surface area contributed by atoms with Gasteiger partial charge in [-0.05, 0) is 53.5 Å². The predicted octanol–water partition coefficient (Wildman–Crippen LogP) is 2.45. The van der Waals surface area contributed by atoms with Crippen molar-refractivity contribution in [2.24, 2.45) is 5.14 Å². The summed E-state index contributed by atoms with van der Waals surface area (Å²) in [6.07, 6.45) is 1.76. The molecular formula is C18H16FNO4S. The molecule has 3 N–H and O–H groups in total. The molecular weight excluding hydrogens is 345 g/mol. The number of nitrogens with two attached hydrogens (primary N) is 1. The lowest BCUT2D eigenvalue weighted by molar-refractivity contribution is -0.00598. The molecule has 130 valence electrons. The monoisotopic (exact) mass is 361 g/mol.